The molecule has 1 amide bonds. The molecule has 0 saturated carbocycles. The number of hydrogen-bond donors (Lipinski definition) is 1. The van der Waals surface area contributed by atoms with Crippen molar-refractivity contribution in [3.63, 3.8) is 0 Å². The first-order valence-electron chi connectivity index (χ1n) is 5.96. The molecule has 0 saturated heterocycles. The Kier molecular flexibility index (Phi) is 4.93. The predicted octanol–water partition coefficient (Wildman–Crippen LogP) is 3.00. The van der Waals surface area contributed by atoms with E-state index in [9.17, 15) is 4.79 Å². The van der Waals surface area contributed by atoms with E-state index in [4.69, 9.17) is 0 Å². The molecule has 1 aromatic heterocycles. The summed E-state index contributed by atoms with van der Waals surface area (Å²) in [4.78, 5) is 11.9. The number of anilines is 1. The first kappa shape index (κ1) is 14.0. The lowest BCUT2D eigenvalue weighted by Crippen LogP contribution is -2.14. The number of nitrogens with one attached hydrogen (secondary N) is 1. The van der Waals surface area contributed by atoms with E-state index < -0.39 is 0 Å². The summed E-state index contributed by atoms with van der Waals surface area (Å²) in [7, 11) is 0. The van der Waals surface area contributed by atoms with Crippen molar-refractivity contribution in [3.05, 3.63) is 35.4 Å². The fourth-order valence-corrected chi connectivity index (χ4v) is 2.77. The van der Waals surface area contributed by atoms with Gasteiger partial charge in [-0.15, -0.1) is 10.2 Å². The number of carbonyl (C=O) groups is 1. The SMILES string of the molecule is CCc1ccc(CC(=O)Nc2nnc(SC)s2)cc1. The Bertz CT molecular complexity index is 551. The lowest BCUT2D eigenvalue weighted by atomic mass is 10.1. The van der Waals surface area contributed by atoms with Crippen molar-refractivity contribution in [2.75, 3.05) is 11.6 Å². The molecule has 2 aromatic rings. The van der Waals surface area contributed by atoms with Crippen molar-refractivity contribution >= 4 is 34.1 Å². The van der Waals surface area contributed by atoms with Gasteiger partial charge in [0.2, 0.25) is 11.0 Å². The van der Waals surface area contributed by atoms with Gasteiger partial charge in [0.1, 0.15) is 0 Å². The van der Waals surface area contributed by atoms with Gasteiger partial charge in [0, 0.05) is 0 Å². The van der Waals surface area contributed by atoms with Crippen LogP contribution in [0.15, 0.2) is 28.6 Å². The zero-order chi connectivity index (χ0) is 13.7. The third-order valence-corrected chi connectivity index (χ3v) is 4.44. The molecule has 0 radical (unpaired) electrons. The van der Waals surface area contributed by atoms with Crippen LogP contribution in [0, 0.1) is 0 Å². The lowest BCUT2D eigenvalue weighted by Gasteiger charge is -2.02. The minimum absolute atomic E-state index is 0.0620. The van der Waals surface area contributed by atoms with E-state index in [0.717, 1.165) is 16.3 Å². The molecule has 0 aliphatic rings. The molecular formula is C13H15N3OS2. The number of benzene rings is 1. The average molecular weight is 293 g/mol. The Hall–Kier alpha value is -1.40. The van der Waals surface area contributed by atoms with Gasteiger partial charge in [-0.05, 0) is 23.8 Å². The van der Waals surface area contributed by atoms with Gasteiger partial charge in [0.05, 0.1) is 6.42 Å². The summed E-state index contributed by atoms with van der Waals surface area (Å²) < 4.78 is 0.850. The van der Waals surface area contributed by atoms with Crippen molar-refractivity contribution in [1.29, 1.82) is 0 Å². The van der Waals surface area contributed by atoms with Crippen molar-refractivity contribution in [2.45, 2.75) is 24.1 Å². The maximum atomic E-state index is 11.9. The van der Waals surface area contributed by atoms with Crippen LogP contribution in [0.25, 0.3) is 0 Å². The van der Waals surface area contributed by atoms with Crippen molar-refractivity contribution in [1.82, 2.24) is 10.2 Å². The molecule has 0 spiro atoms. The third kappa shape index (κ3) is 4.04. The molecule has 19 heavy (non-hydrogen) atoms. The molecule has 6 heteroatoms. The summed E-state index contributed by atoms with van der Waals surface area (Å²) in [5.41, 5.74) is 2.28. The topological polar surface area (TPSA) is 54.9 Å². The van der Waals surface area contributed by atoms with Crippen LogP contribution in [0.5, 0.6) is 0 Å². The number of carbonyl (C=O) groups excluding carboxylic acids is 1. The predicted molar refractivity (Wildman–Crippen MR) is 79.8 cm³/mol. The van der Waals surface area contributed by atoms with Crippen LogP contribution in [0.3, 0.4) is 0 Å². The number of rotatable bonds is 5. The molecular weight excluding hydrogens is 278 g/mol. The maximum absolute atomic E-state index is 11.9. The smallest absolute Gasteiger partial charge is 0.230 e. The zero-order valence-corrected chi connectivity index (χ0v) is 12.5. The second kappa shape index (κ2) is 6.68. The van der Waals surface area contributed by atoms with Gasteiger partial charge in [-0.25, -0.2) is 0 Å². The number of hydrogen-bond acceptors (Lipinski definition) is 5. The van der Waals surface area contributed by atoms with Crippen LogP contribution in [0.2, 0.25) is 0 Å². The van der Waals surface area contributed by atoms with Crippen LogP contribution in [-0.4, -0.2) is 22.4 Å². The zero-order valence-electron chi connectivity index (χ0n) is 10.8. The first-order chi connectivity index (χ1) is 9.21. The highest BCUT2D eigenvalue weighted by atomic mass is 32.2. The number of amides is 1. The van der Waals surface area contributed by atoms with Gasteiger partial charge in [-0.1, -0.05) is 54.3 Å². The highest BCUT2D eigenvalue weighted by Crippen LogP contribution is 2.23. The molecule has 100 valence electrons. The van der Waals surface area contributed by atoms with Crippen LogP contribution < -0.4 is 5.32 Å². The highest BCUT2D eigenvalue weighted by molar-refractivity contribution is 8.00. The van der Waals surface area contributed by atoms with E-state index in [1.807, 2.05) is 18.4 Å². The standard InChI is InChI=1S/C13H15N3OS2/c1-3-9-4-6-10(7-5-9)8-11(17)14-12-15-16-13(18-2)19-12/h4-7H,3,8H2,1-2H3,(H,14,15,17). The van der Waals surface area contributed by atoms with Gasteiger partial charge in [0.15, 0.2) is 4.34 Å². The van der Waals surface area contributed by atoms with Gasteiger partial charge < -0.3 is 5.32 Å². The molecule has 0 unspecified atom stereocenters. The fraction of sp³-hybridized carbons (Fsp3) is 0.308. The summed E-state index contributed by atoms with van der Waals surface area (Å²) in [6.07, 6.45) is 3.30. The molecule has 0 bridgehead atoms. The molecule has 0 atom stereocenters. The Morgan fingerprint density at radius 3 is 2.53 bits per heavy atom. The second-order valence-corrected chi connectivity index (χ2v) is 6.00. The van der Waals surface area contributed by atoms with E-state index in [-0.39, 0.29) is 5.91 Å². The first-order valence-corrected chi connectivity index (χ1v) is 8.00. The van der Waals surface area contributed by atoms with Crippen molar-refractivity contribution in [3.8, 4) is 0 Å². The molecule has 0 aliphatic heterocycles. The molecule has 0 aliphatic carbocycles. The number of aryl methyl sites for hydroxylation is 1. The molecule has 0 fully saturated rings. The average Bonchev–Trinajstić information content (AvgIpc) is 2.87. The van der Waals surface area contributed by atoms with Crippen LogP contribution in [0.1, 0.15) is 18.1 Å². The minimum Gasteiger partial charge on any atom is -0.300 e. The van der Waals surface area contributed by atoms with E-state index >= 15 is 0 Å². The Labute approximate surface area is 120 Å². The van der Waals surface area contributed by atoms with E-state index in [0.29, 0.717) is 11.6 Å². The Balaban J connectivity index is 1.93. The number of nitrogens with zero attached hydrogens (tertiary/aromatic N) is 2. The summed E-state index contributed by atoms with van der Waals surface area (Å²) in [5.74, 6) is -0.0620. The molecule has 1 aromatic carbocycles. The number of thioether (sulfide) groups is 1. The third-order valence-electron chi connectivity index (χ3n) is 2.62. The largest absolute Gasteiger partial charge is 0.300 e. The fourth-order valence-electron chi connectivity index (χ4n) is 1.58. The minimum atomic E-state index is -0.0620. The summed E-state index contributed by atoms with van der Waals surface area (Å²) in [6.45, 7) is 2.11. The normalized spacial score (nSPS) is 10.4. The van der Waals surface area contributed by atoms with E-state index in [1.165, 1.54) is 28.7 Å². The van der Waals surface area contributed by atoms with Crippen LogP contribution >= 0.6 is 23.1 Å². The summed E-state index contributed by atoms with van der Waals surface area (Å²) in [6, 6.07) is 8.09. The van der Waals surface area contributed by atoms with Crippen molar-refractivity contribution < 1.29 is 4.79 Å². The lowest BCUT2D eigenvalue weighted by molar-refractivity contribution is -0.115. The monoisotopic (exact) mass is 293 g/mol. The Morgan fingerprint density at radius 1 is 1.26 bits per heavy atom. The molecule has 1 N–H and O–H groups in total. The maximum Gasteiger partial charge on any atom is 0.230 e. The number of aromatic nitrogens is 2. The van der Waals surface area contributed by atoms with Crippen LogP contribution in [0.4, 0.5) is 5.13 Å². The molecule has 2 rings (SSSR count). The van der Waals surface area contributed by atoms with Gasteiger partial charge in [-0.2, -0.15) is 0 Å². The van der Waals surface area contributed by atoms with Gasteiger partial charge >= 0.3 is 0 Å². The second-order valence-electron chi connectivity index (χ2n) is 3.97. The molecule has 1 heterocycles. The summed E-state index contributed by atoms with van der Waals surface area (Å²) in [5, 5.41) is 11.2. The highest BCUT2D eigenvalue weighted by Gasteiger charge is 2.08. The summed E-state index contributed by atoms with van der Waals surface area (Å²) >= 11 is 2.91. The van der Waals surface area contributed by atoms with E-state index in [2.05, 4.69) is 34.6 Å². The van der Waals surface area contributed by atoms with Crippen molar-refractivity contribution in [2.24, 2.45) is 0 Å². The quantitative estimate of drug-likeness (QED) is 0.680. The van der Waals surface area contributed by atoms with E-state index in [1.54, 1.807) is 0 Å². The van der Waals surface area contributed by atoms with Gasteiger partial charge in [0.25, 0.3) is 0 Å². The Morgan fingerprint density at radius 2 is 1.95 bits per heavy atom. The van der Waals surface area contributed by atoms with Gasteiger partial charge in [-0.3, -0.25) is 4.79 Å². The molecule has 4 nitrogen and oxygen atoms in total. The van der Waals surface area contributed by atoms with Crippen LogP contribution in [-0.2, 0) is 17.6 Å².